The normalized spacial score (nSPS) is 16.7. The lowest BCUT2D eigenvalue weighted by Gasteiger charge is -2.17. The average molecular weight is 370 g/mol. The minimum absolute atomic E-state index is 0.0999. The quantitative estimate of drug-likeness (QED) is 0.849. The number of hydrogen-bond acceptors (Lipinski definition) is 3. The number of benzene rings is 2. The van der Waals surface area contributed by atoms with Crippen LogP contribution < -0.4 is 15.0 Å². The van der Waals surface area contributed by atoms with E-state index in [0.717, 1.165) is 0 Å². The van der Waals surface area contributed by atoms with Crippen LogP contribution in [0, 0.1) is 5.82 Å². The number of anilines is 1. The largest absolute Gasteiger partial charge is 0.484 e. The second kappa shape index (κ2) is 8.20. The molecule has 1 saturated heterocycles. The molecule has 0 aromatic heterocycles. The van der Waals surface area contributed by atoms with E-state index in [-0.39, 0.29) is 36.7 Å². The van der Waals surface area contributed by atoms with Gasteiger partial charge in [-0.15, -0.1) is 0 Å². The van der Waals surface area contributed by atoms with Crippen molar-refractivity contribution in [2.75, 3.05) is 18.1 Å². The van der Waals surface area contributed by atoms with Gasteiger partial charge in [-0.05, 0) is 47.9 Å². The summed E-state index contributed by atoms with van der Waals surface area (Å²) in [5.74, 6) is 0.337. The molecule has 1 aliphatic rings. The standard InChI is InChI=1S/C21H23FN2O3/c1-14(2)15-3-9-19(10-4-15)27-13-20(25)23-17-11-21(26)24(12-17)18-7-5-16(22)6-8-18/h3-10,14,17H,11-13H2,1-2H3,(H,23,25). The minimum atomic E-state index is -0.353. The van der Waals surface area contributed by atoms with Gasteiger partial charge in [-0.2, -0.15) is 0 Å². The third-order valence-electron chi connectivity index (χ3n) is 4.55. The Balaban J connectivity index is 1.49. The summed E-state index contributed by atoms with van der Waals surface area (Å²) in [5.41, 5.74) is 1.83. The first-order valence-electron chi connectivity index (χ1n) is 9.00. The molecule has 5 nitrogen and oxygen atoms in total. The Labute approximate surface area is 158 Å². The fourth-order valence-corrected chi connectivity index (χ4v) is 3.04. The van der Waals surface area contributed by atoms with Gasteiger partial charge in [0.2, 0.25) is 5.91 Å². The Bertz CT molecular complexity index is 803. The number of halogens is 1. The van der Waals surface area contributed by atoms with Gasteiger partial charge in [-0.3, -0.25) is 9.59 Å². The van der Waals surface area contributed by atoms with E-state index in [1.165, 1.54) is 17.7 Å². The van der Waals surface area contributed by atoms with Gasteiger partial charge in [0.05, 0.1) is 6.04 Å². The van der Waals surface area contributed by atoms with E-state index in [4.69, 9.17) is 4.74 Å². The summed E-state index contributed by atoms with van der Waals surface area (Å²) in [6.45, 7) is 4.48. The number of rotatable bonds is 6. The number of carbonyl (C=O) groups is 2. The van der Waals surface area contributed by atoms with Gasteiger partial charge < -0.3 is 15.0 Å². The number of nitrogens with one attached hydrogen (secondary N) is 1. The summed E-state index contributed by atoms with van der Waals surface area (Å²) in [6, 6.07) is 13.1. The molecule has 1 unspecified atom stereocenters. The molecule has 27 heavy (non-hydrogen) atoms. The van der Waals surface area contributed by atoms with Crippen LogP contribution in [0.1, 0.15) is 31.7 Å². The van der Waals surface area contributed by atoms with E-state index in [0.29, 0.717) is 23.9 Å². The SMILES string of the molecule is CC(C)c1ccc(OCC(=O)NC2CC(=O)N(c3ccc(F)cc3)C2)cc1. The summed E-state index contributed by atoms with van der Waals surface area (Å²) in [4.78, 5) is 25.8. The molecular weight excluding hydrogens is 347 g/mol. The molecule has 3 rings (SSSR count). The molecule has 0 saturated carbocycles. The second-order valence-corrected chi connectivity index (χ2v) is 6.96. The number of nitrogens with zero attached hydrogens (tertiary/aromatic N) is 1. The first kappa shape index (κ1) is 18.9. The highest BCUT2D eigenvalue weighted by molar-refractivity contribution is 5.96. The monoisotopic (exact) mass is 370 g/mol. The molecular formula is C21H23FN2O3. The average Bonchev–Trinajstić information content (AvgIpc) is 3.01. The van der Waals surface area contributed by atoms with Crippen LogP contribution in [-0.2, 0) is 9.59 Å². The van der Waals surface area contributed by atoms with E-state index in [9.17, 15) is 14.0 Å². The lowest BCUT2D eigenvalue weighted by atomic mass is 10.0. The minimum Gasteiger partial charge on any atom is -0.484 e. The van der Waals surface area contributed by atoms with Crippen molar-refractivity contribution in [3.63, 3.8) is 0 Å². The van der Waals surface area contributed by atoms with E-state index < -0.39 is 0 Å². The van der Waals surface area contributed by atoms with Crippen molar-refractivity contribution in [2.45, 2.75) is 32.2 Å². The maximum absolute atomic E-state index is 13.0. The maximum Gasteiger partial charge on any atom is 0.258 e. The number of carbonyl (C=O) groups excluding carboxylic acids is 2. The molecule has 6 heteroatoms. The first-order valence-corrected chi connectivity index (χ1v) is 9.00. The zero-order valence-electron chi connectivity index (χ0n) is 15.4. The Morgan fingerprint density at radius 3 is 2.48 bits per heavy atom. The van der Waals surface area contributed by atoms with Gasteiger partial charge in [-0.1, -0.05) is 26.0 Å². The topological polar surface area (TPSA) is 58.6 Å². The molecule has 2 aromatic carbocycles. The van der Waals surface area contributed by atoms with Crippen LogP contribution >= 0.6 is 0 Å². The molecule has 1 heterocycles. The lowest BCUT2D eigenvalue weighted by Crippen LogP contribution is -2.39. The van der Waals surface area contributed by atoms with Crippen LogP contribution in [0.25, 0.3) is 0 Å². The maximum atomic E-state index is 13.0. The van der Waals surface area contributed by atoms with Crippen LogP contribution in [0.2, 0.25) is 0 Å². The van der Waals surface area contributed by atoms with Crippen molar-refractivity contribution >= 4 is 17.5 Å². The number of hydrogen-bond donors (Lipinski definition) is 1. The Morgan fingerprint density at radius 1 is 1.19 bits per heavy atom. The molecule has 142 valence electrons. The summed E-state index contributed by atoms with van der Waals surface area (Å²) in [5, 5.41) is 2.82. The summed E-state index contributed by atoms with van der Waals surface area (Å²) < 4.78 is 18.5. The molecule has 1 fully saturated rings. The molecule has 0 bridgehead atoms. The second-order valence-electron chi connectivity index (χ2n) is 6.96. The van der Waals surface area contributed by atoms with E-state index in [2.05, 4.69) is 19.2 Å². The zero-order valence-corrected chi connectivity index (χ0v) is 15.4. The zero-order chi connectivity index (χ0) is 19.4. The Kier molecular flexibility index (Phi) is 5.74. The van der Waals surface area contributed by atoms with Gasteiger partial charge in [0.15, 0.2) is 6.61 Å². The van der Waals surface area contributed by atoms with Crippen molar-refractivity contribution in [2.24, 2.45) is 0 Å². The molecule has 1 N–H and O–H groups in total. The molecule has 1 aliphatic heterocycles. The molecule has 2 amide bonds. The van der Waals surface area contributed by atoms with Gasteiger partial charge in [0.1, 0.15) is 11.6 Å². The van der Waals surface area contributed by atoms with Crippen molar-refractivity contribution in [1.82, 2.24) is 5.32 Å². The molecule has 0 spiro atoms. The highest BCUT2D eigenvalue weighted by atomic mass is 19.1. The van der Waals surface area contributed by atoms with E-state index >= 15 is 0 Å². The highest BCUT2D eigenvalue weighted by Gasteiger charge is 2.31. The van der Waals surface area contributed by atoms with E-state index in [1.807, 2.05) is 24.3 Å². The lowest BCUT2D eigenvalue weighted by molar-refractivity contribution is -0.123. The van der Waals surface area contributed by atoms with Crippen molar-refractivity contribution in [1.29, 1.82) is 0 Å². The third-order valence-corrected chi connectivity index (χ3v) is 4.55. The van der Waals surface area contributed by atoms with Crippen molar-refractivity contribution in [3.8, 4) is 5.75 Å². The molecule has 2 aromatic rings. The third kappa shape index (κ3) is 4.84. The van der Waals surface area contributed by atoms with Crippen LogP contribution in [0.15, 0.2) is 48.5 Å². The van der Waals surface area contributed by atoms with Gasteiger partial charge in [0, 0.05) is 18.7 Å². The van der Waals surface area contributed by atoms with Crippen LogP contribution in [0.3, 0.4) is 0 Å². The van der Waals surface area contributed by atoms with E-state index in [1.54, 1.807) is 17.0 Å². The molecule has 0 aliphatic carbocycles. The van der Waals surface area contributed by atoms with Crippen LogP contribution in [0.5, 0.6) is 5.75 Å². The first-order chi connectivity index (χ1) is 12.9. The molecule has 0 radical (unpaired) electrons. The number of amides is 2. The highest BCUT2D eigenvalue weighted by Crippen LogP contribution is 2.22. The predicted octanol–water partition coefficient (Wildman–Crippen LogP) is 3.25. The van der Waals surface area contributed by atoms with Gasteiger partial charge in [-0.25, -0.2) is 4.39 Å². The summed E-state index contributed by atoms with van der Waals surface area (Å²) in [6.07, 6.45) is 0.214. The fraction of sp³-hybridized carbons (Fsp3) is 0.333. The van der Waals surface area contributed by atoms with Gasteiger partial charge in [0.25, 0.3) is 5.91 Å². The summed E-state index contributed by atoms with van der Waals surface area (Å²) >= 11 is 0. The number of ether oxygens (including phenoxy) is 1. The fourth-order valence-electron chi connectivity index (χ4n) is 3.04. The Hall–Kier alpha value is -2.89. The van der Waals surface area contributed by atoms with Crippen molar-refractivity contribution in [3.05, 3.63) is 59.9 Å². The predicted molar refractivity (Wildman–Crippen MR) is 101 cm³/mol. The van der Waals surface area contributed by atoms with Crippen LogP contribution in [-0.4, -0.2) is 31.0 Å². The Morgan fingerprint density at radius 2 is 1.85 bits per heavy atom. The molecule has 1 atom stereocenters. The van der Waals surface area contributed by atoms with Gasteiger partial charge >= 0.3 is 0 Å². The van der Waals surface area contributed by atoms with Crippen LogP contribution in [0.4, 0.5) is 10.1 Å². The van der Waals surface area contributed by atoms with Crippen molar-refractivity contribution < 1.29 is 18.7 Å². The summed E-state index contributed by atoms with van der Waals surface area (Å²) in [7, 11) is 0. The smallest absolute Gasteiger partial charge is 0.258 e.